The lowest BCUT2D eigenvalue weighted by Gasteiger charge is -2.34. The average molecular weight is 461 g/mol. The molecule has 2 aromatic carbocycles. The summed E-state index contributed by atoms with van der Waals surface area (Å²) in [5.41, 5.74) is -3.77. The van der Waals surface area contributed by atoms with Gasteiger partial charge in [-0.1, -0.05) is 13.8 Å². The van der Waals surface area contributed by atoms with Crippen molar-refractivity contribution in [1.29, 1.82) is 0 Å². The molecule has 2 aromatic rings. The minimum atomic E-state index is -1.37. The predicted molar refractivity (Wildman–Crippen MR) is 129 cm³/mol. The van der Waals surface area contributed by atoms with Crippen molar-refractivity contribution in [3.8, 4) is 11.5 Å². The third-order valence-electron chi connectivity index (χ3n) is 6.30. The monoisotopic (exact) mass is 460 g/mol. The van der Waals surface area contributed by atoms with Crippen LogP contribution < -0.4 is 0 Å². The lowest BCUT2D eigenvalue weighted by atomic mass is 9.72. The van der Waals surface area contributed by atoms with Gasteiger partial charge in [0.05, 0.1) is 22.4 Å². The van der Waals surface area contributed by atoms with E-state index in [2.05, 4.69) is 0 Å². The van der Waals surface area contributed by atoms with Gasteiger partial charge in [0.25, 0.3) is 0 Å². The van der Waals surface area contributed by atoms with Crippen molar-refractivity contribution < 1.29 is 30.6 Å². The first-order valence-electron chi connectivity index (χ1n) is 11.2. The van der Waals surface area contributed by atoms with Crippen LogP contribution in [0.15, 0.2) is 24.3 Å². The van der Waals surface area contributed by atoms with E-state index in [1.54, 1.807) is 79.7 Å². The lowest BCUT2D eigenvalue weighted by Crippen LogP contribution is -2.27. The summed E-state index contributed by atoms with van der Waals surface area (Å²) in [4.78, 5) is 0. The van der Waals surface area contributed by atoms with Gasteiger partial charge in [-0.05, 0) is 90.8 Å². The van der Waals surface area contributed by atoms with E-state index in [4.69, 9.17) is 0 Å². The minimum Gasteiger partial charge on any atom is -0.507 e. The van der Waals surface area contributed by atoms with Crippen LogP contribution in [0.25, 0.3) is 0 Å². The smallest absolute Gasteiger partial charge is 0.127 e. The summed E-state index contributed by atoms with van der Waals surface area (Å²) in [6.07, 6.45) is 0. The van der Waals surface area contributed by atoms with E-state index in [0.29, 0.717) is 11.1 Å². The summed E-state index contributed by atoms with van der Waals surface area (Å²) in [7, 11) is 0. The van der Waals surface area contributed by atoms with Gasteiger partial charge >= 0.3 is 0 Å². The first-order valence-corrected chi connectivity index (χ1v) is 11.2. The van der Waals surface area contributed by atoms with Crippen LogP contribution in [-0.4, -0.2) is 30.6 Å². The summed E-state index contributed by atoms with van der Waals surface area (Å²) >= 11 is 0. The van der Waals surface area contributed by atoms with Gasteiger partial charge in [0.1, 0.15) is 11.5 Å². The molecule has 33 heavy (non-hydrogen) atoms. The molecule has 0 unspecified atom stereocenters. The number of aliphatic hydroxyl groups is 4. The molecule has 2 rings (SSSR count). The molecular formula is C27H40O6. The molecule has 0 amide bonds. The quantitative estimate of drug-likeness (QED) is 0.382. The summed E-state index contributed by atoms with van der Waals surface area (Å²) in [6.45, 7) is 16.3. The normalized spacial score (nSPS) is 14.0. The van der Waals surface area contributed by atoms with E-state index in [9.17, 15) is 30.6 Å². The standard InChI is InChI=1S/C27H40O6/c1-23(2,15-11-17(24(3,4)30)21(28)18(12-15)25(5,6)31)16-13-19(26(7,8)32)22(29)20(14-16)27(9,10)33/h11-14,28-33H,1-10H3. The number of aromatic hydroxyl groups is 2. The van der Waals surface area contributed by atoms with E-state index < -0.39 is 27.8 Å². The Hall–Kier alpha value is -2.12. The Morgan fingerprint density at radius 2 is 0.606 bits per heavy atom. The van der Waals surface area contributed by atoms with Crippen molar-refractivity contribution >= 4 is 0 Å². The first kappa shape index (κ1) is 27.1. The van der Waals surface area contributed by atoms with Crippen LogP contribution >= 0.6 is 0 Å². The average Bonchev–Trinajstić information content (AvgIpc) is 2.57. The van der Waals surface area contributed by atoms with Crippen LogP contribution in [0.5, 0.6) is 11.5 Å². The number of hydrogen-bond donors (Lipinski definition) is 6. The Kier molecular flexibility index (Phi) is 6.56. The van der Waals surface area contributed by atoms with Crippen LogP contribution in [0.3, 0.4) is 0 Å². The van der Waals surface area contributed by atoms with Gasteiger partial charge in [0.15, 0.2) is 0 Å². The van der Waals surface area contributed by atoms with Crippen molar-refractivity contribution in [2.75, 3.05) is 0 Å². The number of phenols is 2. The van der Waals surface area contributed by atoms with Crippen molar-refractivity contribution in [2.45, 2.75) is 97.1 Å². The predicted octanol–water partition coefficient (Wildman–Crippen LogP) is 4.33. The molecule has 0 aliphatic carbocycles. The maximum absolute atomic E-state index is 10.8. The van der Waals surface area contributed by atoms with Gasteiger partial charge in [-0.15, -0.1) is 0 Å². The molecule has 0 bridgehead atoms. The molecule has 0 radical (unpaired) electrons. The summed E-state index contributed by atoms with van der Waals surface area (Å²) in [5.74, 6) is -0.343. The fourth-order valence-electron chi connectivity index (χ4n) is 4.02. The van der Waals surface area contributed by atoms with Crippen molar-refractivity contribution in [1.82, 2.24) is 0 Å². The molecule has 6 nitrogen and oxygen atoms in total. The molecule has 0 fully saturated rings. The largest absolute Gasteiger partial charge is 0.507 e. The Morgan fingerprint density at radius 1 is 0.424 bits per heavy atom. The van der Waals surface area contributed by atoms with Gasteiger partial charge in [-0.2, -0.15) is 0 Å². The Bertz CT molecular complexity index is 885. The van der Waals surface area contributed by atoms with Gasteiger partial charge in [-0.25, -0.2) is 0 Å². The van der Waals surface area contributed by atoms with E-state index in [1.165, 1.54) is 0 Å². The molecular weight excluding hydrogens is 420 g/mol. The number of hydrogen-bond acceptors (Lipinski definition) is 6. The van der Waals surface area contributed by atoms with Crippen LogP contribution in [0.4, 0.5) is 0 Å². The Morgan fingerprint density at radius 3 is 0.758 bits per heavy atom. The summed E-state index contributed by atoms with van der Waals surface area (Å²) < 4.78 is 0. The highest BCUT2D eigenvalue weighted by atomic mass is 16.3. The maximum Gasteiger partial charge on any atom is 0.127 e. The van der Waals surface area contributed by atoms with Gasteiger partial charge in [-0.3, -0.25) is 0 Å². The maximum atomic E-state index is 10.8. The second kappa shape index (κ2) is 7.98. The van der Waals surface area contributed by atoms with Gasteiger partial charge < -0.3 is 30.6 Å². The molecule has 0 aliphatic heterocycles. The third-order valence-corrected chi connectivity index (χ3v) is 6.30. The van der Waals surface area contributed by atoms with E-state index in [1.807, 2.05) is 13.8 Å². The number of benzene rings is 2. The van der Waals surface area contributed by atoms with Crippen LogP contribution in [0.1, 0.15) is 103 Å². The highest BCUT2D eigenvalue weighted by Gasteiger charge is 2.36. The molecule has 0 spiro atoms. The third kappa shape index (κ3) is 5.35. The topological polar surface area (TPSA) is 121 Å². The lowest BCUT2D eigenvalue weighted by molar-refractivity contribution is 0.0653. The Labute approximate surface area is 197 Å². The van der Waals surface area contributed by atoms with Crippen LogP contribution in [0, 0.1) is 0 Å². The van der Waals surface area contributed by atoms with E-state index in [0.717, 1.165) is 0 Å². The fourth-order valence-corrected chi connectivity index (χ4v) is 4.02. The highest BCUT2D eigenvalue weighted by Crippen LogP contribution is 2.45. The first-order chi connectivity index (χ1) is 14.5. The minimum absolute atomic E-state index is 0.172. The highest BCUT2D eigenvalue weighted by molar-refractivity contribution is 5.56. The fraction of sp³-hybridized carbons (Fsp3) is 0.556. The van der Waals surface area contributed by atoms with Crippen molar-refractivity contribution in [3.63, 3.8) is 0 Å². The number of phenolic OH excluding ortho intramolecular Hbond substituents is 2. The second-order valence-corrected chi connectivity index (χ2v) is 11.7. The molecule has 0 heterocycles. The molecule has 6 N–H and O–H groups in total. The van der Waals surface area contributed by atoms with Crippen molar-refractivity contribution in [3.05, 3.63) is 57.6 Å². The zero-order chi connectivity index (χ0) is 25.9. The molecule has 6 heteroatoms. The summed E-state index contributed by atoms with van der Waals surface area (Å²) in [6, 6.07) is 6.80. The van der Waals surface area contributed by atoms with Crippen LogP contribution in [-0.2, 0) is 27.8 Å². The second-order valence-electron chi connectivity index (χ2n) is 11.7. The number of rotatable bonds is 6. The molecule has 0 saturated heterocycles. The van der Waals surface area contributed by atoms with Gasteiger partial charge in [0, 0.05) is 27.7 Å². The molecule has 184 valence electrons. The summed E-state index contributed by atoms with van der Waals surface area (Å²) in [5, 5.41) is 64.6. The van der Waals surface area contributed by atoms with Gasteiger partial charge in [0.2, 0.25) is 0 Å². The molecule has 0 aromatic heterocycles. The van der Waals surface area contributed by atoms with Crippen LogP contribution in [0.2, 0.25) is 0 Å². The van der Waals surface area contributed by atoms with E-state index in [-0.39, 0.29) is 33.8 Å². The zero-order valence-corrected chi connectivity index (χ0v) is 21.5. The van der Waals surface area contributed by atoms with Crippen molar-refractivity contribution in [2.24, 2.45) is 0 Å². The Balaban J connectivity index is 2.95. The van der Waals surface area contributed by atoms with E-state index >= 15 is 0 Å². The zero-order valence-electron chi connectivity index (χ0n) is 21.5. The SMILES string of the molecule is CC(C)(O)c1cc(C(C)(C)c2cc(C(C)(C)O)c(O)c(C(C)(C)O)c2)cc(C(C)(C)O)c1O. The molecule has 0 aliphatic rings. The molecule has 0 saturated carbocycles. The molecule has 0 atom stereocenters.